The van der Waals surface area contributed by atoms with E-state index in [2.05, 4.69) is 65.5 Å². The van der Waals surface area contributed by atoms with Gasteiger partial charge >= 0.3 is 0 Å². The molecule has 7 N–H and O–H groups in total. The van der Waals surface area contributed by atoms with Crippen LogP contribution in [0.25, 0.3) is 37.7 Å². The van der Waals surface area contributed by atoms with Crippen molar-refractivity contribution in [2.24, 2.45) is 30.7 Å². The lowest BCUT2D eigenvalue weighted by Gasteiger charge is -2.13. The molecule has 0 unspecified atom stereocenters. The predicted molar refractivity (Wildman–Crippen MR) is 273 cm³/mol. The van der Waals surface area contributed by atoms with Crippen LogP contribution >= 0.6 is 35.4 Å². The maximum atomic E-state index is 13.1. The highest BCUT2D eigenvalue weighted by atomic mass is 32.2. The Kier molecular flexibility index (Phi) is 17.6. The molecule has 0 aliphatic carbocycles. The number of fused-ring (bicyclic) bond motifs is 5. The van der Waals surface area contributed by atoms with Gasteiger partial charge in [0.1, 0.15) is 39.3 Å². The number of imidazole rings is 1. The first-order chi connectivity index (χ1) is 35.9. The largest absolute Gasteiger partial charge is 0.505 e. The molecule has 76 heavy (non-hydrogen) atoms. The highest BCUT2D eigenvalue weighted by Gasteiger charge is 2.26. The van der Waals surface area contributed by atoms with Gasteiger partial charge in [0.25, 0.3) is 30.4 Å². The van der Waals surface area contributed by atoms with Crippen molar-refractivity contribution in [2.75, 3.05) is 18.6 Å². The van der Waals surface area contributed by atoms with Crippen molar-refractivity contribution >= 4 is 137 Å². The minimum absolute atomic E-state index is 0.00740. The van der Waals surface area contributed by atoms with Gasteiger partial charge in [0.2, 0.25) is 11.0 Å². The molecule has 0 radical (unpaired) electrons. The number of nitriles is 1. The number of aromatic nitrogens is 3. The van der Waals surface area contributed by atoms with Gasteiger partial charge in [-0.1, -0.05) is 33.5 Å². The second-order valence-corrected chi connectivity index (χ2v) is 22.5. The fourth-order valence-electron chi connectivity index (χ4n) is 7.08. The van der Waals surface area contributed by atoms with Gasteiger partial charge in [0.05, 0.1) is 74.5 Å². The molecule has 28 nitrogen and oxygen atoms in total. The molecule has 0 amide bonds. The summed E-state index contributed by atoms with van der Waals surface area (Å²) in [6.45, 7) is 4.70. The molecule has 0 aliphatic rings. The molecule has 0 spiro atoms. The van der Waals surface area contributed by atoms with Gasteiger partial charge < -0.3 is 14.9 Å². The first kappa shape index (κ1) is 56.8. The van der Waals surface area contributed by atoms with E-state index in [0.717, 1.165) is 34.4 Å². The molecule has 398 valence electrons. The monoisotopic (exact) mass is 1160 g/mol. The van der Waals surface area contributed by atoms with E-state index >= 15 is 0 Å². The fourth-order valence-corrected chi connectivity index (χ4v) is 10.2. The molecule has 0 aliphatic heterocycles. The number of azo groups is 3. The van der Waals surface area contributed by atoms with Crippen molar-refractivity contribution in [3.8, 4) is 23.4 Å². The Hall–Kier alpha value is -6.92. The zero-order valence-corrected chi connectivity index (χ0v) is 43.9. The maximum absolute atomic E-state index is 13.1. The minimum atomic E-state index is -5.23. The molecule has 5 aromatic carbocycles. The number of rotatable bonds is 18. The molecule has 0 saturated carbocycles. The average Bonchev–Trinajstić information content (AvgIpc) is 3.94. The zero-order valence-electron chi connectivity index (χ0n) is 39.0. The molecule has 0 fully saturated rings. The molecular formula is C42H36N10O18S6. The number of hydrogen-bond donors (Lipinski definition) is 7. The Balaban J connectivity index is 0.00000160. The van der Waals surface area contributed by atoms with Crippen LogP contribution in [0.3, 0.4) is 0 Å². The summed E-state index contributed by atoms with van der Waals surface area (Å²) in [5, 5.41) is 83.3. The van der Waals surface area contributed by atoms with Gasteiger partial charge in [-0.15, -0.1) is 39.4 Å². The molecule has 3 aromatic heterocycles. The summed E-state index contributed by atoms with van der Waals surface area (Å²) in [7, 11) is -13.2. The van der Waals surface area contributed by atoms with Crippen molar-refractivity contribution in [2.45, 2.75) is 41.9 Å². The molecule has 0 bridgehead atoms. The van der Waals surface area contributed by atoms with Crippen molar-refractivity contribution in [3.05, 3.63) is 89.0 Å². The van der Waals surface area contributed by atoms with E-state index in [0.29, 0.717) is 33.3 Å². The second kappa shape index (κ2) is 23.5. The zero-order chi connectivity index (χ0) is 55.3. The average molecular weight is 1160 g/mol. The molecule has 0 saturated heterocycles. The van der Waals surface area contributed by atoms with E-state index in [1.165, 1.54) is 40.9 Å². The summed E-state index contributed by atoms with van der Waals surface area (Å²) in [5.41, 5.74) is 2.21. The van der Waals surface area contributed by atoms with Gasteiger partial charge in [-0.3, -0.25) is 18.1 Å². The van der Waals surface area contributed by atoms with Gasteiger partial charge in [-0.05, 0) is 86.8 Å². The highest BCUT2D eigenvalue weighted by Crippen LogP contribution is 2.49. The summed E-state index contributed by atoms with van der Waals surface area (Å²) in [4.78, 5) is 8.44. The van der Waals surface area contributed by atoms with Crippen LogP contribution in [0.1, 0.15) is 28.7 Å². The van der Waals surface area contributed by atoms with Crippen LogP contribution < -0.4 is 4.74 Å². The second-order valence-electron chi connectivity index (χ2n) is 15.6. The number of phenols is 1. The number of hydrogen-bond acceptors (Lipinski definition) is 27. The summed E-state index contributed by atoms with van der Waals surface area (Å²) in [6.07, 6.45) is 0.565. The van der Waals surface area contributed by atoms with E-state index < -0.39 is 58.3 Å². The van der Waals surface area contributed by atoms with Gasteiger partial charge in [-0.2, -0.15) is 30.5 Å². The van der Waals surface area contributed by atoms with Crippen LogP contribution in [0.4, 0.5) is 33.6 Å². The van der Waals surface area contributed by atoms with Crippen LogP contribution in [0, 0.1) is 32.1 Å². The third-order valence-electron chi connectivity index (χ3n) is 10.3. The quantitative estimate of drug-likeness (QED) is 0.0105. The van der Waals surface area contributed by atoms with Gasteiger partial charge in [-0.25, -0.2) is 20.5 Å². The van der Waals surface area contributed by atoms with Crippen molar-refractivity contribution < 1.29 is 83.1 Å². The molecule has 8 aromatic rings. The minimum Gasteiger partial charge on any atom is -0.505 e. The fraction of sp³-hybridized carbons (Fsp3) is 0.167. The third kappa shape index (κ3) is 13.4. The van der Waals surface area contributed by atoms with E-state index in [1.54, 1.807) is 37.3 Å². The van der Waals surface area contributed by atoms with Crippen molar-refractivity contribution in [3.63, 3.8) is 0 Å². The van der Waals surface area contributed by atoms with E-state index in [1.807, 2.05) is 13.0 Å². The van der Waals surface area contributed by atoms with Gasteiger partial charge in [0, 0.05) is 27.3 Å². The van der Waals surface area contributed by atoms with Crippen LogP contribution in [0.5, 0.6) is 17.4 Å². The van der Waals surface area contributed by atoms with Crippen LogP contribution in [-0.4, -0.2) is 92.6 Å². The molecule has 8 rings (SSSR count). The number of ether oxygens (including phenoxy) is 1. The maximum Gasteiger partial charge on any atom is 0.297 e. The number of benzene rings is 5. The normalized spacial score (nSPS) is 12.5. The number of phenolic OH excluding ortho intramolecular Hbond substituents is 1. The Morgan fingerprint density at radius 1 is 0.737 bits per heavy atom. The van der Waals surface area contributed by atoms with Crippen LogP contribution in [0.2, 0.25) is 0 Å². The number of aromatic hydroxyl groups is 2. The lowest BCUT2D eigenvalue weighted by Crippen LogP contribution is -2.08. The molecule has 34 heteroatoms. The Bertz CT molecular complexity index is 4060. The highest BCUT2D eigenvalue weighted by molar-refractivity contribution is 7.95. The Labute approximate surface area is 441 Å². The predicted octanol–water partition coefficient (Wildman–Crippen LogP) is 11.0. The standard InChI is InChI=1S/C41H32N10O15S5.CH4O3S/c1-19-13-28(31(62-11-6-12-70(56,57)58)16-27(19)46-50-41-44-29-17-32(68-65-63-54)20(2)14-33(29)67-41)47-49-36-34(69-66-64-55)15-23-22(37(36)52)9-10-26(38(23)71(59,60)61)45-48-35-21(3)24(18-42)39-43-25-7-4-5-8-30(25)51(39)40(35)53;1-5(2,3)4/h4-5,7-10,13-17,52-55H,6,11-12H2,1-3H3,(H,56,57,58)(H,59,60,61);1H3,(H,2,3,4). The van der Waals surface area contributed by atoms with Crippen molar-refractivity contribution in [1.29, 1.82) is 5.26 Å². The summed E-state index contributed by atoms with van der Waals surface area (Å²) in [6, 6.07) is 18.7. The topological polar surface area (TPSA) is 418 Å². The smallest absolute Gasteiger partial charge is 0.297 e. The molecule has 3 heterocycles. The Morgan fingerprint density at radius 3 is 2.07 bits per heavy atom. The number of aryl methyl sites for hydroxylation is 2. The lowest BCUT2D eigenvalue weighted by molar-refractivity contribution is -0.432. The van der Waals surface area contributed by atoms with Crippen molar-refractivity contribution in [1.82, 2.24) is 14.4 Å². The molecular weight excluding hydrogens is 1120 g/mol. The molecule has 0 atom stereocenters. The lowest BCUT2D eigenvalue weighted by atomic mass is 10.1. The van der Waals surface area contributed by atoms with E-state index in [-0.39, 0.29) is 91.1 Å². The number of nitrogens with zero attached hydrogens (tertiary/aromatic N) is 10. The summed E-state index contributed by atoms with van der Waals surface area (Å²) >= 11 is 2.25. The van der Waals surface area contributed by atoms with Gasteiger partial charge in [0.15, 0.2) is 17.1 Å². The van der Waals surface area contributed by atoms with Crippen LogP contribution in [-0.2, 0) is 49.1 Å². The SMILES string of the molecule is CS(=O)(=O)O.Cc1cc(N=Nc2c(SOOO)cc3c(S(=O)(=O)O)c(N=Nc4c(C)c(C#N)c5nc6ccccc6n5c4O)ccc3c2O)c(OCCCS(=O)(=O)O)cc1N=Nc1nc2cc(SOOO)c(C)cc2s1. The van der Waals surface area contributed by atoms with E-state index in [9.17, 15) is 49.8 Å². The summed E-state index contributed by atoms with van der Waals surface area (Å²) in [5.74, 6) is -1.85. The number of pyridine rings is 1. The van der Waals surface area contributed by atoms with E-state index in [4.69, 9.17) is 19.8 Å². The first-order valence-electron chi connectivity index (χ1n) is 20.8. The number of thiazole rings is 1. The third-order valence-corrected chi connectivity index (χ3v) is 14.3. The Morgan fingerprint density at radius 2 is 1.39 bits per heavy atom. The summed E-state index contributed by atoms with van der Waals surface area (Å²) < 4.78 is 112. The number of para-hydroxylation sites is 2. The first-order valence-corrected chi connectivity index (χ1v) is 28.0. The van der Waals surface area contributed by atoms with Crippen LogP contribution in [0.15, 0.2) is 112 Å².